The lowest BCUT2D eigenvalue weighted by Crippen LogP contribution is -2.29. The molecule has 1 aromatic heterocycles. The zero-order chi connectivity index (χ0) is 14.0. The number of hydrogen-bond donors (Lipinski definition) is 2. The van der Waals surface area contributed by atoms with Crippen LogP contribution in [0, 0.1) is 13.8 Å². The molecule has 2 aromatic rings. The minimum absolute atomic E-state index is 0.0545. The summed E-state index contributed by atoms with van der Waals surface area (Å²) in [6, 6.07) is 5.38. The fraction of sp³-hybridized carbons (Fsp3) is 0.308. The van der Waals surface area contributed by atoms with E-state index in [-0.39, 0.29) is 6.04 Å². The van der Waals surface area contributed by atoms with Gasteiger partial charge in [-0.2, -0.15) is 0 Å². The number of halogens is 2. The van der Waals surface area contributed by atoms with Crippen LogP contribution in [0.25, 0.3) is 0 Å². The number of hydrogen-bond acceptors (Lipinski definition) is 4. The van der Waals surface area contributed by atoms with E-state index < -0.39 is 0 Å². The zero-order valence-corrected chi connectivity index (χ0v) is 13.0. The van der Waals surface area contributed by atoms with E-state index >= 15 is 0 Å². The standard InChI is InChI=1S/C13H15Cl2N3S/c1-7-8(2)19-13(17-7)6-12(18-16)9-3-10(14)5-11(15)4-9/h3-5,12,18H,6,16H2,1-2H3. The summed E-state index contributed by atoms with van der Waals surface area (Å²) in [6.07, 6.45) is 0.715. The lowest BCUT2D eigenvalue weighted by molar-refractivity contribution is 0.550. The summed E-state index contributed by atoms with van der Waals surface area (Å²) in [5.41, 5.74) is 4.83. The third-order valence-corrected chi connectivity index (χ3v) is 4.47. The molecule has 1 atom stereocenters. The Labute approximate surface area is 126 Å². The quantitative estimate of drug-likeness (QED) is 0.666. The molecule has 0 saturated heterocycles. The number of hydrazine groups is 1. The van der Waals surface area contributed by atoms with Crippen LogP contribution in [-0.4, -0.2) is 4.98 Å². The van der Waals surface area contributed by atoms with Gasteiger partial charge in [0.05, 0.1) is 16.7 Å². The maximum Gasteiger partial charge on any atom is 0.0950 e. The molecule has 0 aliphatic rings. The number of nitrogens with zero attached hydrogens (tertiary/aromatic N) is 1. The molecular formula is C13H15Cl2N3S. The van der Waals surface area contributed by atoms with Gasteiger partial charge in [0.1, 0.15) is 0 Å². The smallest absolute Gasteiger partial charge is 0.0950 e. The number of rotatable bonds is 4. The molecule has 3 N–H and O–H groups in total. The van der Waals surface area contributed by atoms with Crippen molar-refractivity contribution in [1.29, 1.82) is 0 Å². The fourth-order valence-electron chi connectivity index (χ4n) is 1.85. The van der Waals surface area contributed by atoms with Gasteiger partial charge in [-0.25, -0.2) is 4.98 Å². The summed E-state index contributed by atoms with van der Waals surface area (Å²) in [5.74, 6) is 5.64. The van der Waals surface area contributed by atoms with Crippen LogP contribution >= 0.6 is 34.5 Å². The van der Waals surface area contributed by atoms with Gasteiger partial charge in [-0.3, -0.25) is 11.3 Å². The van der Waals surface area contributed by atoms with E-state index in [0.29, 0.717) is 16.5 Å². The Morgan fingerprint density at radius 3 is 2.37 bits per heavy atom. The van der Waals surface area contributed by atoms with Gasteiger partial charge in [-0.05, 0) is 37.6 Å². The lowest BCUT2D eigenvalue weighted by Gasteiger charge is -2.15. The molecule has 2 rings (SSSR count). The second kappa shape index (κ2) is 6.20. The van der Waals surface area contributed by atoms with E-state index in [0.717, 1.165) is 16.3 Å². The summed E-state index contributed by atoms with van der Waals surface area (Å²) in [7, 11) is 0. The van der Waals surface area contributed by atoms with Crippen molar-refractivity contribution in [2.24, 2.45) is 5.84 Å². The van der Waals surface area contributed by atoms with Crippen LogP contribution in [0.3, 0.4) is 0 Å². The number of thiazole rings is 1. The number of aromatic nitrogens is 1. The summed E-state index contributed by atoms with van der Waals surface area (Å²) < 4.78 is 0. The Morgan fingerprint density at radius 1 is 1.26 bits per heavy atom. The van der Waals surface area contributed by atoms with Gasteiger partial charge >= 0.3 is 0 Å². The summed E-state index contributed by atoms with van der Waals surface area (Å²) in [6.45, 7) is 4.08. The van der Waals surface area contributed by atoms with Gasteiger partial charge in [-0.15, -0.1) is 11.3 Å². The van der Waals surface area contributed by atoms with Crippen LogP contribution in [0.5, 0.6) is 0 Å². The largest absolute Gasteiger partial charge is 0.271 e. The van der Waals surface area contributed by atoms with E-state index in [4.69, 9.17) is 29.0 Å². The van der Waals surface area contributed by atoms with Crippen LogP contribution < -0.4 is 11.3 Å². The Bertz CT molecular complexity index is 544. The molecule has 0 spiro atoms. The predicted molar refractivity (Wildman–Crippen MR) is 81.8 cm³/mol. The normalized spacial score (nSPS) is 12.7. The highest BCUT2D eigenvalue weighted by molar-refractivity contribution is 7.11. The van der Waals surface area contributed by atoms with E-state index in [9.17, 15) is 0 Å². The van der Waals surface area contributed by atoms with Crippen LogP contribution in [-0.2, 0) is 6.42 Å². The van der Waals surface area contributed by atoms with Crippen LogP contribution in [0.1, 0.15) is 27.2 Å². The number of nitrogens with two attached hydrogens (primary N) is 1. The Morgan fingerprint density at radius 2 is 1.89 bits per heavy atom. The highest BCUT2D eigenvalue weighted by atomic mass is 35.5. The third kappa shape index (κ3) is 3.68. The number of nitrogens with one attached hydrogen (secondary N) is 1. The minimum Gasteiger partial charge on any atom is -0.271 e. The Hall–Kier alpha value is -0.650. The topological polar surface area (TPSA) is 50.9 Å². The second-order valence-corrected chi connectivity index (χ2v) is 6.54. The fourth-order valence-corrected chi connectivity index (χ4v) is 3.37. The summed E-state index contributed by atoms with van der Waals surface area (Å²) in [4.78, 5) is 5.76. The van der Waals surface area contributed by atoms with Crippen LogP contribution in [0.2, 0.25) is 10.0 Å². The maximum absolute atomic E-state index is 6.02. The molecule has 0 aliphatic carbocycles. The number of benzene rings is 1. The molecule has 0 fully saturated rings. The Balaban J connectivity index is 2.24. The van der Waals surface area contributed by atoms with E-state index in [2.05, 4.69) is 17.3 Å². The molecule has 1 aromatic carbocycles. The molecule has 3 nitrogen and oxygen atoms in total. The molecule has 0 saturated carbocycles. The third-order valence-electron chi connectivity index (χ3n) is 2.94. The molecule has 0 bridgehead atoms. The molecule has 102 valence electrons. The highest BCUT2D eigenvalue weighted by Gasteiger charge is 2.15. The monoisotopic (exact) mass is 315 g/mol. The van der Waals surface area contributed by atoms with Gasteiger partial charge in [0.15, 0.2) is 0 Å². The molecule has 0 amide bonds. The first kappa shape index (κ1) is 14.8. The number of aryl methyl sites for hydroxylation is 2. The first-order valence-electron chi connectivity index (χ1n) is 5.84. The second-order valence-electron chi connectivity index (χ2n) is 4.38. The van der Waals surface area contributed by atoms with Gasteiger partial charge in [0.25, 0.3) is 0 Å². The predicted octanol–water partition coefficient (Wildman–Crippen LogP) is 3.81. The van der Waals surface area contributed by atoms with Gasteiger partial charge < -0.3 is 0 Å². The average Bonchev–Trinajstić information content (AvgIpc) is 2.64. The molecular weight excluding hydrogens is 301 g/mol. The van der Waals surface area contributed by atoms with Crippen molar-refractivity contribution in [2.75, 3.05) is 0 Å². The van der Waals surface area contributed by atoms with Gasteiger partial charge in [0, 0.05) is 21.3 Å². The molecule has 0 radical (unpaired) electrons. The molecule has 6 heteroatoms. The average molecular weight is 316 g/mol. The molecule has 1 unspecified atom stereocenters. The van der Waals surface area contributed by atoms with Crippen molar-refractivity contribution < 1.29 is 0 Å². The van der Waals surface area contributed by atoms with E-state index in [1.54, 1.807) is 17.4 Å². The van der Waals surface area contributed by atoms with Crippen molar-refractivity contribution in [3.63, 3.8) is 0 Å². The van der Waals surface area contributed by atoms with Crippen LogP contribution in [0.15, 0.2) is 18.2 Å². The minimum atomic E-state index is -0.0545. The van der Waals surface area contributed by atoms with Crippen molar-refractivity contribution in [3.05, 3.63) is 49.4 Å². The zero-order valence-electron chi connectivity index (χ0n) is 10.7. The van der Waals surface area contributed by atoms with Crippen molar-refractivity contribution in [3.8, 4) is 0 Å². The van der Waals surface area contributed by atoms with Crippen molar-refractivity contribution >= 4 is 34.5 Å². The molecule has 1 heterocycles. The van der Waals surface area contributed by atoms with Gasteiger partial charge in [0.2, 0.25) is 0 Å². The first-order chi connectivity index (χ1) is 8.99. The summed E-state index contributed by atoms with van der Waals surface area (Å²) in [5, 5.41) is 2.26. The molecule has 19 heavy (non-hydrogen) atoms. The van der Waals surface area contributed by atoms with Gasteiger partial charge in [-0.1, -0.05) is 23.2 Å². The van der Waals surface area contributed by atoms with E-state index in [1.807, 2.05) is 19.1 Å². The van der Waals surface area contributed by atoms with E-state index in [1.165, 1.54) is 4.88 Å². The first-order valence-corrected chi connectivity index (χ1v) is 7.42. The molecule has 0 aliphatic heterocycles. The summed E-state index contributed by atoms with van der Waals surface area (Å²) >= 11 is 13.7. The van der Waals surface area contributed by atoms with Crippen molar-refractivity contribution in [2.45, 2.75) is 26.3 Å². The Kier molecular flexibility index (Phi) is 4.81. The van der Waals surface area contributed by atoms with Crippen LogP contribution in [0.4, 0.5) is 0 Å². The SMILES string of the molecule is Cc1nc(CC(NN)c2cc(Cl)cc(Cl)c2)sc1C. The maximum atomic E-state index is 6.02. The van der Waals surface area contributed by atoms with Crippen molar-refractivity contribution in [1.82, 2.24) is 10.4 Å². The lowest BCUT2D eigenvalue weighted by atomic mass is 10.0. The highest BCUT2D eigenvalue weighted by Crippen LogP contribution is 2.27.